The van der Waals surface area contributed by atoms with Crippen molar-refractivity contribution in [3.8, 4) is 5.69 Å². The van der Waals surface area contributed by atoms with E-state index in [2.05, 4.69) is 41.2 Å². The van der Waals surface area contributed by atoms with Crippen molar-refractivity contribution in [2.45, 2.75) is 26.1 Å². The lowest BCUT2D eigenvalue weighted by atomic mass is 10.2. The molecule has 20 heavy (non-hydrogen) atoms. The molecule has 0 radical (unpaired) electrons. The Hall–Kier alpha value is -1.87. The highest BCUT2D eigenvalue weighted by Crippen LogP contribution is 2.27. The summed E-state index contributed by atoms with van der Waals surface area (Å²) in [6.07, 6.45) is 0. The van der Waals surface area contributed by atoms with E-state index in [9.17, 15) is 0 Å². The molecule has 1 atom stereocenters. The van der Waals surface area contributed by atoms with Crippen molar-refractivity contribution in [1.29, 1.82) is 0 Å². The molecule has 0 saturated carbocycles. The van der Waals surface area contributed by atoms with Gasteiger partial charge in [-0.2, -0.15) is 0 Å². The lowest BCUT2D eigenvalue weighted by Crippen LogP contribution is -2.03. The normalized spacial score (nSPS) is 12.8. The molecule has 0 saturated heterocycles. The van der Waals surface area contributed by atoms with E-state index in [0.717, 1.165) is 28.4 Å². The highest BCUT2D eigenvalue weighted by molar-refractivity contribution is 6.20. The predicted molar refractivity (Wildman–Crippen MR) is 82.6 cm³/mol. The van der Waals surface area contributed by atoms with Gasteiger partial charge in [-0.15, -0.1) is 11.6 Å². The maximum atomic E-state index is 6.29. The zero-order valence-corrected chi connectivity index (χ0v) is 12.5. The Balaban J connectivity index is 2.33. The van der Waals surface area contributed by atoms with Crippen LogP contribution >= 0.6 is 11.6 Å². The first-order valence-electron chi connectivity index (χ1n) is 6.63. The second-order valence-electron chi connectivity index (χ2n) is 5.05. The summed E-state index contributed by atoms with van der Waals surface area (Å²) in [5.74, 6) is 0.823. The van der Waals surface area contributed by atoms with E-state index in [4.69, 9.17) is 11.6 Å². The highest BCUT2D eigenvalue weighted by Gasteiger charge is 2.17. The second-order valence-corrected chi connectivity index (χ2v) is 5.71. The average Bonchev–Trinajstić information content (AvgIpc) is 2.78. The molecule has 1 aromatic carbocycles. The van der Waals surface area contributed by atoms with Crippen molar-refractivity contribution in [2.75, 3.05) is 0 Å². The van der Waals surface area contributed by atoms with Gasteiger partial charge in [0, 0.05) is 11.4 Å². The maximum Gasteiger partial charge on any atom is 0.164 e. The topological polar surface area (TPSA) is 30.7 Å². The van der Waals surface area contributed by atoms with Crippen molar-refractivity contribution in [1.82, 2.24) is 14.5 Å². The third kappa shape index (κ3) is 2.18. The lowest BCUT2D eigenvalue weighted by molar-refractivity contribution is 0.875. The van der Waals surface area contributed by atoms with E-state index in [1.165, 1.54) is 5.56 Å². The Morgan fingerprint density at radius 2 is 1.70 bits per heavy atom. The van der Waals surface area contributed by atoms with Crippen molar-refractivity contribution in [2.24, 2.45) is 0 Å². The number of pyridine rings is 1. The van der Waals surface area contributed by atoms with Crippen LogP contribution in [0.15, 0.2) is 36.4 Å². The van der Waals surface area contributed by atoms with Crippen LogP contribution in [-0.4, -0.2) is 14.5 Å². The van der Waals surface area contributed by atoms with Crippen LogP contribution in [0, 0.1) is 13.8 Å². The Kier molecular flexibility index (Phi) is 3.22. The standard InChI is InChI=1S/C16H16ClN3/c1-10-4-7-13(8-5-10)20-15(12(3)17)19-14-9-6-11(2)18-16(14)20/h4-9,12H,1-3H3. The van der Waals surface area contributed by atoms with Gasteiger partial charge in [-0.05, 0) is 45.0 Å². The molecule has 0 N–H and O–H groups in total. The molecular weight excluding hydrogens is 270 g/mol. The largest absolute Gasteiger partial charge is 0.279 e. The first kappa shape index (κ1) is 13.1. The predicted octanol–water partition coefficient (Wildman–Crippen LogP) is 4.34. The molecule has 0 spiro atoms. The molecule has 0 bridgehead atoms. The van der Waals surface area contributed by atoms with Crippen molar-refractivity contribution >= 4 is 22.8 Å². The van der Waals surface area contributed by atoms with Crippen LogP contribution in [0.4, 0.5) is 0 Å². The third-order valence-corrected chi connectivity index (χ3v) is 3.51. The Morgan fingerprint density at radius 1 is 1.00 bits per heavy atom. The molecule has 0 fully saturated rings. The summed E-state index contributed by atoms with van der Waals surface area (Å²) < 4.78 is 2.04. The number of alkyl halides is 1. The van der Waals surface area contributed by atoms with Crippen LogP contribution in [0.2, 0.25) is 0 Å². The smallest absolute Gasteiger partial charge is 0.164 e. The van der Waals surface area contributed by atoms with Gasteiger partial charge in [-0.3, -0.25) is 4.57 Å². The van der Waals surface area contributed by atoms with E-state index >= 15 is 0 Å². The molecule has 3 rings (SSSR count). The van der Waals surface area contributed by atoms with Gasteiger partial charge in [0.25, 0.3) is 0 Å². The van der Waals surface area contributed by atoms with E-state index in [0.29, 0.717) is 0 Å². The summed E-state index contributed by atoms with van der Waals surface area (Å²) in [6.45, 7) is 5.99. The molecule has 1 unspecified atom stereocenters. The van der Waals surface area contributed by atoms with E-state index < -0.39 is 0 Å². The Labute approximate surface area is 123 Å². The van der Waals surface area contributed by atoms with Crippen LogP contribution < -0.4 is 0 Å². The molecule has 4 heteroatoms. The summed E-state index contributed by atoms with van der Waals surface area (Å²) in [7, 11) is 0. The summed E-state index contributed by atoms with van der Waals surface area (Å²) in [5, 5.41) is -0.175. The minimum atomic E-state index is -0.175. The quantitative estimate of drug-likeness (QED) is 0.656. The van der Waals surface area contributed by atoms with Gasteiger partial charge in [0.05, 0.1) is 5.38 Å². The molecule has 0 amide bonds. The van der Waals surface area contributed by atoms with Crippen LogP contribution in [0.5, 0.6) is 0 Å². The van der Waals surface area contributed by atoms with E-state index in [-0.39, 0.29) is 5.38 Å². The van der Waals surface area contributed by atoms with Crippen LogP contribution in [0.1, 0.15) is 29.4 Å². The van der Waals surface area contributed by atoms with Crippen LogP contribution in [0.25, 0.3) is 16.9 Å². The Morgan fingerprint density at radius 3 is 2.35 bits per heavy atom. The molecule has 0 aliphatic heterocycles. The summed E-state index contributed by atoms with van der Waals surface area (Å²) >= 11 is 6.29. The number of aromatic nitrogens is 3. The minimum absolute atomic E-state index is 0.175. The molecular formula is C16H16ClN3. The molecule has 2 heterocycles. The second kappa shape index (κ2) is 4.91. The third-order valence-electron chi connectivity index (χ3n) is 3.32. The van der Waals surface area contributed by atoms with Gasteiger partial charge in [0.2, 0.25) is 0 Å². The number of imidazole rings is 1. The summed E-state index contributed by atoms with van der Waals surface area (Å²) in [6, 6.07) is 12.3. The average molecular weight is 286 g/mol. The molecule has 0 aliphatic carbocycles. The Bertz CT molecular complexity index is 757. The number of halogens is 1. The van der Waals surface area contributed by atoms with Crippen molar-refractivity contribution in [3.63, 3.8) is 0 Å². The summed E-state index contributed by atoms with van der Waals surface area (Å²) in [5.41, 5.74) is 4.97. The van der Waals surface area contributed by atoms with Gasteiger partial charge in [0.15, 0.2) is 5.65 Å². The molecule has 3 aromatic rings. The fourth-order valence-electron chi connectivity index (χ4n) is 2.28. The monoisotopic (exact) mass is 285 g/mol. The maximum absolute atomic E-state index is 6.29. The zero-order valence-electron chi connectivity index (χ0n) is 11.8. The number of aryl methyl sites for hydroxylation is 2. The van der Waals surface area contributed by atoms with Crippen molar-refractivity contribution in [3.05, 3.63) is 53.5 Å². The number of rotatable bonds is 2. The fourth-order valence-corrected chi connectivity index (χ4v) is 2.43. The number of benzene rings is 1. The first-order chi connectivity index (χ1) is 9.56. The van der Waals surface area contributed by atoms with E-state index in [1.54, 1.807) is 0 Å². The van der Waals surface area contributed by atoms with Crippen LogP contribution in [-0.2, 0) is 0 Å². The first-order valence-corrected chi connectivity index (χ1v) is 7.07. The van der Waals surface area contributed by atoms with Gasteiger partial charge in [-0.1, -0.05) is 17.7 Å². The van der Waals surface area contributed by atoms with E-state index in [1.807, 2.05) is 30.5 Å². The minimum Gasteiger partial charge on any atom is -0.279 e. The fraction of sp³-hybridized carbons (Fsp3) is 0.250. The molecule has 0 aliphatic rings. The zero-order chi connectivity index (χ0) is 14.3. The number of nitrogens with zero attached hydrogens (tertiary/aromatic N) is 3. The lowest BCUT2D eigenvalue weighted by Gasteiger charge is -2.10. The summed E-state index contributed by atoms with van der Waals surface area (Å²) in [4.78, 5) is 9.24. The molecule has 3 nitrogen and oxygen atoms in total. The number of hydrogen-bond acceptors (Lipinski definition) is 2. The number of hydrogen-bond donors (Lipinski definition) is 0. The SMILES string of the molecule is Cc1ccc(-n2c(C(C)Cl)nc3ccc(C)nc32)cc1. The molecule has 102 valence electrons. The highest BCUT2D eigenvalue weighted by atomic mass is 35.5. The molecule has 2 aromatic heterocycles. The van der Waals surface area contributed by atoms with Crippen molar-refractivity contribution < 1.29 is 0 Å². The van der Waals surface area contributed by atoms with Gasteiger partial charge < -0.3 is 0 Å². The number of fused-ring (bicyclic) bond motifs is 1. The van der Waals surface area contributed by atoms with Gasteiger partial charge in [0.1, 0.15) is 11.3 Å². The van der Waals surface area contributed by atoms with Crippen LogP contribution in [0.3, 0.4) is 0 Å². The van der Waals surface area contributed by atoms with Gasteiger partial charge in [-0.25, -0.2) is 9.97 Å². The van der Waals surface area contributed by atoms with Gasteiger partial charge >= 0.3 is 0 Å².